The molecule has 0 radical (unpaired) electrons. The summed E-state index contributed by atoms with van der Waals surface area (Å²) in [6.45, 7) is 4.95. The van der Waals surface area contributed by atoms with Crippen LogP contribution in [0.25, 0.3) is 0 Å². The van der Waals surface area contributed by atoms with Crippen LogP contribution in [-0.4, -0.2) is 23.5 Å². The topological polar surface area (TPSA) is 53.9 Å². The van der Waals surface area contributed by atoms with Crippen molar-refractivity contribution in [2.75, 3.05) is 6.54 Å². The number of aliphatic hydroxyl groups excluding tert-OH is 1. The lowest BCUT2D eigenvalue weighted by Gasteiger charge is -2.17. The Bertz CT molecular complexity index is 748. The van der Waals surface area contributed by atoms with Crippen LogP contribution in [0.3, 0.4) is 0 Å². The predicted molar refractivity (Wildman–Crippen MR) is 134 cm³/mol. The van der Waals surface area contributed by atoms with Gasteiger partial charge in [0.2, 0.25) is 0 Å². The number of Topliss-reactive ketones (excluding diaryl/α,β-unsaturated/α-hetero) is 1. The van der Waals surface area contributed by atoms with E-state index in [1.54, 1.807) is 0 Å². The van der Waals surface area contributed by atoms with E-state index in [4.69, 9.17) is 0 Å². The van der Waals surface area contributed by atoms with Gasteiger partial charge < -0.3 is 22.8 Å². The number of halogens is 1. The number of quaternary nitrogens is 1. The van der Waals surface area contributed by atoms with Crippen molar-refractivity contribution in [2.45, 2.75) is 96.6 Å². The summed E-state index contributed by atoms with van der Waals surface area (Å²) in [5, 5.41) is 12.5. The summed E-state index contributed by atoms with van der Waals surface area (Å²) in [6, 6.07) is 17.9. The van der Waals surface area contributed by atoms with Gasteiger partial charge in [-0.15, -0.1) is 0 Å². The van der Waals surface area contributed by atoms with Crippen molar-refractivity contribution < 1.29 is 27.6 Å². The Morgan fingerprint density at radius 2 is 1.42 bits per heavy atom. The van der Waals surface area contributed by atoms with Gasteiger partial charge in [0.15, 0.2) is 5.78 Å². The normalized spacial score (nSPS) is 12.7. The van der Waals surface area contributed by atoms with E-state index < -0.39 is 6.10 Å². The number of unbranched alkanes of at least 4 members (excludes halogenated alkanes) is 8. The maximum Gasteiger partial charge on any atom is 0.168 e. The quantitative estimate of drug-likeness (QED) is 0.274. The SMILES string of the molecule is CCCCCCCCCCCc1ccc(C(=O)CC[NH2+]C(C)C(O)c2ccccc2)cc1.[Cl-]. The molecule has 0 saturated heterocycles. The number of carbonyl (C=O) groups excluding carboxylic acids is 1. The lowest BCUT2D eigenvalue weighted by Crippen LogP contribution is -3.00. The molecule has 33 heavy (non-hydrogen) atoms. The van der Waals surface area contributed by atoms with Crippen LogP contribution in [0.2, 0.25) is 0 Å². The highest BCUT2D eigenvalue weighted by Crippen LogP contribution is 2.15. The maximum absolute atomic E-state index is 12.5. The summed E-state index contributed by atoms with van der Waals surface area (Å²) in [5.74, 6) is 0.178. The molecule has 0 spiro atoms. The number of rotatable bonds is 17. The van der Waals surface area contributed by atoms with E-state index in [-0.39, 0.29) is 24.2 Å². The van der Waals surface area contributed by atoms with Gasteiger partial charge in [0, 0.05) is 5.56 Å². The fourth-order valence-electron chi connectivity index (χ4n) is 4.20. The van der Waals surface area contributed by atoms with Crippen LogP contribution in [0.4, 0.5) is 0 Å². The average Bonchev–Trinajstić information content (AvgIpc) is 2.83. The Morgan fingerprint density at radius 3 is 2.03 bits per heavy atom. The number of carbonyl (C=O) groups is 1. The molecular formula is C29H44ClNO2. The highest BCUT2D eigenvalue weighted by Gasteiger charge is 2.19. The lowest BCUT2D eigenvalue weighted by atomic mass is 10.0. The van der Waals surface area contributed by atoms with Crippen molar-refractivity contribution in [1.29, 1.82) is 0 Å². The van der Waals surface area contributed by atoms with Crippen LogP contribution in [0.1, 0.15) is 106 Å². The molecule has 2 aromatic carbocycles. The smallest absolute Gasteiger partial charge is 0.168 e. The number of benzene rings is 2. The molecule has 3 nitrogen and oxygen atoms in total. The summed E-state index contributed by atoms with van der Waals surface area (Å²) in [4.78, 5) is 12.5. The fraction of sp³-hybridized carbons (Fsp3) is 0.552. The molecule has 2 aromatic rings. The summed E-state index contributed by atoms with van der Waals surface area (Å²) in [7, 11) is 0. The van der Waals surface area contributed by atoms with Crippen LogP contribution in [0, 0.1) is 0 Å². The van der Waals surface area contributed by atoms with Gasteiger partial charge in [-0.3, -0.25) is 4.79 Å². The van der Waals surface area contributed by atoms with Crippen LogP contribution in [-0.2, 0) is 6.42 Å². The molecule has 0 saturated carbocycles. The largest absolute Gasteiger partial charge is 1.00 e. The number of aryl methyl sites for hydroxylation is 1. The molecule has 0 heterocycles. The van der Waals surface area contributed by atoms with E-state index in [1.807, 2.05) is 49.4 Å². The molecule has 3 N–H and O–H groups in total. The Morgan fingerprint density at radius 1 is 0.848 bits per heavy atom. The number of ketones is 1. The van der Waals surface area contributed by atoms with Crippen LogP contribution < -0.4 is 17.7 Å². The maximum atomic E-state index is 12.5. The summed E-state index contributed by atoms with van der Waals surface area (Å²) < 4.78 is 0. The first-order valence-electron chi connectivity index (χ1n) is 12.8. The third-order valence-corrected chi connectivity index (χ3v) is 6.39. The van der Waals surface area contributed by atoms with Gasteiger partial charge in [0.05, 0.1) is 13.0 Å². The molecule has 2 unspecified atom stereocenters. The zero-order valence-corrected chi connectivity index (χ0v) is 21.4. The van der Waals surface area contributed by atoms with E-state index in [1.165, 1.54) is 63.4 Å². The minimum absolute atomic E-state index is 0. The Labute approximate surface area is 207 Å². The Kier molecular flexibility index (Phi) is 15.8. The second-order valence-corrected chi connectivity index (χ2v) is 9.19. The third-order valence-electron chi connectivity index (χ3n) is 6.39. The lowest BCUT2D eigenvalue weighted by molar-refractivity contribution is -0.693. The third kappa shape index (κ3) is 11.8. The summed E-state index contributed by atoms with van der Waals surface area (Å²) >= 11 is 0. The molecule has 0 aliphatic carbocycles. The minimum Gasteiger partial charge on any atom is -1.00 e. The molecule has 0 aromatic heterocycles. The van der Waals surface area contributed by atoms with E-state index >= 15 is 0 Å². The zero-order valence-electron chi connectivity index (χ0n) is 20.6. The van der Waals surface area contributed by atoms with E-state index in [9.17, 15) is 9.90 Å². The minimum atomic E-state index is -0.522. The van der Waals surface area contributed by atoms with Gasteiger partial charge in [0.25, 0.3) is 0 Å². The van der Waals surface area contributed by atoms with Crippen molar-refractivity contribution in [2.24, 2.45) is 0 Å². The Balaban J connectivity index is 0.00000544. The van der Waals surface area contributed by atoms with Gasteiger partial charge >= 0.3 is 0 Å². The molecule has 0 amide bonds. The van der Waals surface area contributed by atoms with E-state index in [2.05, 4.69) is 24.4 Å². The summed E-state index contributed by atoms with van der Waals surface area (Å²) in [6.07, 6.45) is 13.2. The van der Waals surface area contributed by atoms with Gasteiger partial charge in [-0.1, -0.05) is 113 Å². The predicted octanol–water partition coefficient (Wildman–Crippen LogP) is 3.02. The van der Waals surface area contributed by atoms with Crippen LogP contribution >= 0.6 is 0 Å². The van der Waals surface area contributed by atoms with Gasteiger partial charge in [-0.05, 0) is 30.9 Å². The first kappa shape index (κ1) is 29.4. The number of hydrogen-bond acceptors (Lipinski definition) is 2. The highest BCUT2D eigenvalue weighted by atomic mass is 35.5. The molecule has 0 aliphatic rings. The van der Waals surface area contributed by atoms with E-state index in [0.717, 1.165) is 17.5 Å². The molecule has 2 atom stereocenters. The highest BCUT2D eigenvalue weighted by molar-refractivity contribution is 5.96. The van der Waals surface area contributed by atoms with Crippen molar-refractivity contribution >= 4 is 5.78 Å². The second-order valence-electron chi connectivity index (χ2n) is 9.19. The molecule has 0 aliphatic heterocycles. The Hall–Kier alpha value is -1.68. The molecule has 0 fully saturated rings. The monoisotopic (exact) mass is 473 g/mol. The molecule has 0 bridgehead atoms. The van der Waals surface area contributed by atoms with Crippen LogP contribution in [0.15, 0.2) is 54.6 Å². The van der Waals surface area contributed by atoms with Crippen molar-refractivity contribution in [3.63, 3.8) is 0 Å². The standard InChI is InChI=1S/C29H43NO2.ClH/c1-3-4-5-6-7-8-9-10-12-15-25-18-20-26(21-19-25)28(31)22-23-30-24(2)29(32)27-16-13-11-14-17-27;/h11,13-14,16-21,24,29-30,32H,3-10,12,15,22-23H2,1-2H3;1H. The second kappa shape index (κ2) is 17.8. The number of hydrogen-bond donors (Lipinski definition) is 2. The first-order chi connectivity index (χ1) is 15.6. The number of nitrogens with two attached hydrogens (primary N) is 1. The van der Waals surface area contributed by atoms with Gasteiger partial charge in [0.1, 0.15) is 12.1 Å². The average molecular weight is 474 g/mol. The van der Waals surface area contributed by atoms with Crippen molar-refractivity contribution in [1.82, 2.24) is 0 Å². The van der Waals surface area contributed by atoms with Crippen molar-refractivity contribution in [3.05, 3.63) is 71.3 Å². The number of aliphatic hydroxyl groups is 1. The summed E-state index contributed by atoms with van der Waals surface area (Å²) in [5.41, 5.74) is 3.05. The molecule has 2 rings (SSSR count). The van der Waals surface area contributed by atoms with Crippen LogP contribution in [0.5, 0.6) is 0 Å². The molecular weight excluding hydrogens is 430 g/mol. The van der Waals surface area contributed by atoms with Gasteiger partial charge in [-0.2, -0.15) is 0 Å². The zero-order chi connectivity index (χ0) is 23.0. The fourth-order valence-corrected chi connectivity index (χ4v) is 4.20. The van der Waals surface area contributed by atoms with E-state index in [0.29, 0.717) is 13.0 Å². The van der Waals surface area contributed by atoms with Gasteiger partial charge in [-0.25, -0.2) is 0 Å². The van der Waals surface area contributed by atoms with Crippen molar-refractivity contribution in [3.8, 4) is 0 Å². The molecule has 184 valence electrons. The first-order valence-corrected chi connectivity index (χ1v) is 12.8. The molecule has 4 heteroatoms.